The number of aryl methyl sites for hydroxylation is 10. The van der Waals surface area contributed by atoms with E-state index in [0.29, 0.717) is 0 Å². The minimum absolute atomic E-state index is 0.0641. The molecule has 0 amide bonds. The molecule has 730 valence electrons. The number of rotatable bonds is 5. The third-order valence-electron chi connectivity index (χ3n) is 33.5. The van der Waals surface area contributed by atoms with Gasteiger partial charge in [0.2, 0.25) is 28.5 Å². The molecule has 0 aliphatic heterocycles. The van der Waals surface area contributed by atoms with E-state index in [4.69, 9.17) is 42.0 Å². The molecule has 0 saturated carbocycles. The van der Waals surface area contributed by atoms with Crippen molar-refractivity contribution in [2.24, 2.45) is 35.2 Å². The Bertz CT molecular complexity index is 9190. The maximum atomic E-state index is 6.74. The molecule has 0 saturated heterocycles. The maximum absolute atomic E-state index is 6.74. The van der Waals surface area contributed by atoms with Crippen molar-refractivity contribution in [2.45, 2.75) is 131 Å². The number of nitrogens with zero attached hydrogens (tertiary/aromatic N) is 10. The van der Waals surface area contributed by atoms with Crippen molar-refractivity contribution >= 4 is 110 Å². The van der Waals surface area contributed by atoms with Gasteiger partial charge in [0.1, 0.15) is 85.4 Å². The summed E-state index contributed by atoms with van der Waals surface area (Å²) in [4.78, 5) is 23.8. The van der Waals surface area contributed by atoms with E-state index in [2.05, 4.69) is 447 Å². The van der Waals surface area contributed by atoms with Crippen molar-refractivity contribution in [2.75, 3.05) is 0 Å². The highest BCUT2D eigenvalue weighted by Gasteiger charge is 2.46. The summed E-state index contributed by atoms with van der Waals surface area (Å²) in [7, 11) is 10.4. The molecule has 5 aliphatic carbocycles. The minimum atomic E-state index is -0.202. The van der Waals surface area contributed by atoms with Gasteiger partial charge in [0, 0.05) is 212 Å². The van der Waals surface area contributed by atoms with Gasteiger partial charge in [-0.2, -0.15) is 0 Å². The predicted octanol–water partition coefficient (Wildman–Crippen LogP) is 30.4. The van der Waals surface area contributed by atoms with Gasteiger partial charge >= 0.3 is 0 Å². The smallest absolute Gasteiger partial charge is 0.216 e. The van der Waals surface area contributed by atoms with Crippen LogP contribution in [0.5, 0.6) is 0 Å². The zero-order valence-electron chi connectivity index (χ0n) is 88.3. The van der Waals surface area contributed by atoms with E-state index >= 15 is 0 Å². The number of benzene rings is 10. The first-order valence-corrected chi connectivity index (χ1v) is 51.9. The van der Waals surface area contributed by atoms with Gasteiger partial charge in [-0.25, -0.2) is 22.8 Å². The average molecular weight is 1960 g/mol. The van der Waals surface area contributed by atoms with Crippen molar-refractivity contribution < 1.29 is 44.9 Å². The number of hydrogen-bond acceptors (Lipinski definition) is 10. The number of furan rings is 5. The molecule has 15 heterocycles. The van der Waals surface area contributed by atoms with Gasteiger partial charge in [-0.15, -0.1) is 0 Å². The molecule has 0 atom stereocenters. The summed E-state index contributed by atoms with van der Waals surface area (Å²) in [6, 6.07) is 94.5. The van der Waals surface area contributed by atoms with Crippen LogP contribution >= 0.6 is 0 Å². The van der Waals surface area contributed by atoms with Gasteiger partial charge < -0.3 is 22.1 Å². The van der Waals surface area contributed by atoms with Crippen LogP contribution < -0.4 is 22.8 Å². The fraction of sp³-hybridized carbons (Fsp3) is 0.185. The van der Waals surface area contributed by atoms with Gasteiger partial charge in [-0.1, -0.05) is 201 Å². The molecule has 0 radical (unpaired) electrons. The number of aromatic nitrogens is 10. The fourth-order valence-corrected chi connectivity index (χ4v) is 25.7. The number of hydrogen-bond donors (Lipinski definition) is 0. The second-order valence-electron chi connectivity index (χ2n) is 44.1. The van der Waals surface area contributed by atoms with Crippen LogP contribution in [0.4, 0.5) is 0 Å². The van der Waals surface area contributed by atoms with Crippen molar-refractivity contribution in [3.05, 3.63) is 419 Å². The van der Waals surface area contributed by atoms with E-state index in [1.807, 2.05) is 55.2 Å². The molecule has 0 unspecified atom stereocenters. The van der Waals surface area contributed by atoms with E-state index in [9.17, 15) is 0 Å². The average Bonchev–Trinajstić information content (AvgIpc) is 1.58. The van der Waals surface area contributed by atoms with E-state index in [1.54, 1.807) is 0 Å². The molecule has 15 aromatic heterocycles. The molecule has 0 fully saturated rings. The van der Waals surface area contributed by atoms with Crippen molar-refractivity contribution in [3.8, 4) is 112 Å². The van der Waals surface area contributed by atoms with Crippen LogP contribution in [0.1, 0.15) is 153 Å². The Hall–Kier alpha value is -17.3. The van der Waals surface area contributed by atoms with Crippen LogP contribution in [-0.2, 0) is 62.3 Å². The molecule has 0 N–H and O–H groups in total. The standard InChI is InChI=1S/5C27H23N2O/c1-16-10-11-18-19-13-12-17-20-8-7-14-28-26(20)27(2,3)23(17)25(19)30-24(18)22(16)21-9-5-6-15-29(21)4;1-16-10-11-17-18-12-13-19-23(24-20(27(19,2)3)8-7-14-28-24)26(18)30-25(17)22(16)21-9-5-6-15-29(21)4;1-16-12-13-17-19-15-28-26-23(18-9-5-6-10-20(18)27(26,2)3)25(19)30-24(17)22(16)21-11-7-8-14-29(21)4;1-16-12-13-18-24-26(30-25(18)22(16)21-11-7-8-14-29(21)4)23-17-9-5-6-10-19(17)27(2,3)20(23)15-28-24;1-16-8-9-17-18-10-11-21-24(19-15-28-13-12-20(19)27(21,2)3)26(18)30-25(17)23(16)22-7-5-6-14-29(22)4/h5*5-15H,1-4H3/q5*+1. The van der Waals surface area contributed by atoms with Crippen molar-refractivity contribution in [1.82, 2.24) is 24.9 Å². The van der Waals surface area contributed by atoms with Crippen LogP contribution in [0, 0.1) is 34.6 Å². The maximum Gasteiger partial charge on any atom is 0.216 e. The summed E-state index contributed by atoms with van der Waals surface area (Å²) in [5.41, 5.74) is 51.7. The third kappa shape index (κ3) is 13.6. The van der Waals surface area contributed by atoms with Gasteiger partial charge in [0.15, 0.2) is 42.2 Å². The van der Waals surface area contributed by atoms with Gasteiger partial charge in [-0.3, -0.25) is 24.9 Å². The van der Waals surface area contributed by atoms with Gasteiger partial charge in [-0.05, 0) is 193 Å². The summed E-state index contributed by atoms with van der Waals surface area (Å²) in [6.45, 7) is 33.4. The Kier molecular flexibility index (Phi) is 20.9. The van der Waals surface area contributed by atoms with Gasteiger partial charge in [0.25, 0.3) is 0 Å². The lowest BCUT2D eigenvalue weighted by Crippen LogP contribution is -2.30. The second kappa shape index (κ2) is 33.9. The lowest BCUT2D eigenvalue weighted by molar-refractivity contribution is -0.660. The lowest BCUT2D eigenvalue weighted by Gasteiger charge is -2.20. The largest absolute Gasteiger partial charge is 0.455 e. The highest BCUT2D eigenvalue weighted by Crippen LogP contribution is 2.60. The van der Waals surface area contributed by atoms with E-state index in [1.165, 1.54) is 117 Å². The molecule has 0 bridgehead atoms. The Morgan fingerprint density at radius 2 is 0.553 bits per heavy atom. The highest BCUT2D eigenvalue weighted by atomic mass is 16.3. The monoisotopic (exact) mass is 1960 g/mol. The topological polar surface area (TPSA) is 150 Å². The molecule has 0 spiro atoms. The normalized spacial score (nSPS) is 14.3. The fourth-order valence-electron chi connectivity index (χ4n) is 25.7. The van der Waals surface area contributed by atoms with E-state index < -0.39 is 0 Å². The summed E-state index contributed by atoms with van der Waals surface area (Å²) >= 11 is 0. The summed E-state index contributed by atoms with van der Waals surface area (Å²) in [5, 5.41) is 10.2. The minimum Gasteiger partial charge on any atom is -0.455 e. The SMILES string of the molecule is Cc1ccc2c(oc3c4c(ccc32)-c2cccnc2C4(C)C)c1-c1cccc[n+]1C.Cc1ccc2c(oc3c4c(ccc32)C(C)(C)c2cccnc2-4)c1-c1cccc[n+]1C.Cc1ccc2c(oc3c4c(ccc32)C(C)(C)c2ccncc2-4)c1-c1cccc[n+]1C.Cc1ccc2c(oc3c4c(cnc32)C(C)(C)c2ccccc2-4)c1-c1cccc[n+]1C.Cc1ccc2c(oc3c4c(ncc32)C(C)(C)c2ccccc2-4)c1-c1cccc[n+]1C. The van der Waals surface area contributed by atoms with Gasteiger partial charge in [0.05, 0.1) is 44.9 Å². The number of fused-ring (bicyclic) bond motifs is 35. The summed E-state index contributed by atoms with van der Waals surface area (Å²) < 4.78 is 44.3. The first kappa shape index (κ1) is 92.6. The summed E-state index contributed by atoms with van der Waals surface area (Å²) in [5.74, 6) is 0. The van der Waals surface area contributed by atoms with E-state index in [0.717, 1.165) is 189 Å². The molecule has 150 heavy (non-hydrogen) atoms. The van der Waals surface area contributed by atoms with Crippen molar-refractivity contribution in [1.29, 1.82) is 0 Å². The first-order valence-electron chi connectivity index (χ1n) is 51.9. The Balaban J connectivity index is 0.0000000945. The molecule has 15 heteroatoms. The predicted molar refractivity (Wildman–Crippen MR) is 602 cm³/mol. The lowest BCUT2D eigenvalue weighted by atomic mass is 9.82. The first-order chi connectivity index (χ1) is 72.4. The van der Waals surface area contributed by atoms with E-state index in [-0.39, 0.29) is 27.1 Å². The van der Waals surface area contributed by atoms with Crippen molar-refractivity contribution in [3.63, 3.8) is 0 Å². The molecule has 5 aliphatic rings. The van der Waals surface area contributed by atoms with Crippen LogP contribution in [0.15, 0.2) is 357 Å². The van der Waals surface area contributed by atoms with Crippen LogP contribution in [0.2, 0.25) is 0 Å². The molecule has 15 nitrogen and oxygen atoms in total. The Morgan fingerprint density at radius 3 is 1.05 bits per heavy atom. The zero-order chi connectivity index (χ0) is 103. The molecular formula is C135H115N10O5+5. The third-order valence-corrected chi connectivity index (χ3v) is 33.5. The molecule has 30 rings (SSSR count). The molecule has 10 aromatic carbocycles. The second-order valence-corrected chi connectivity index (χ2v) is 44.1. The zero-order valence-corrected chi connectivity index (χ0v) is 88.3. The van der Waals surface area contributed by atoms with Crippen LogP contribution in [0.25, 0.3) is 222 Å². The molecule has 25 aromatic rings. The van der Waals surface area contributed by atoms with Crippen LogP contribution in [0.3, 0.4) is 0 Å². The Morgan fingerprint density at radius 1 is 0.207 bits per heavy atom. The highest BCUT2D eigenvalue weighted by molar-refractivity contribution is 6.19. The van der Waals surface area contributed by atoms with Crippen LogP contribution in [-0.4, -0.2) is 24.9 Å². The quantitative estimate of drug-likeness (QED) is 0.152. The number of pyridine rings is 10. The Labute approximate surface area is 870 Å². The molecular weight excluding hydrogens is 1840 g/mol. The summed E-state index contributed by atoms with van der Waals surface area (Å²) in [6.07, 6.45) is 22.1.